The van der Waals surface area contributed by atoms with Gasteiger partial charge in [-0.3, -0.25) is 4.79 Å². The van der Waals surface area contributed by atoms with Crippen LogP contribution >= 0.6 is 0 Å². The van der Waals surface area contributed by atoms with Gasteiger partial charge in [-0.15, -0.1) is 0 Å². The van der Waals surface area contributed by atoms with Crippen LogP contribution in [0.5, 0.6) is 5.75 Å². The molecule has 0 fully saturated rings. The Labute approximate surface area is 116 Å². The highest BCUT2D eigenvalue weighted by Crippen LogP contribution is 2.16. The average Bonchev–Trinajstić information content (AvgIpc) is 2.41. The Morgan fingerprint density at radius 3 is 2.60 bits per heavy atom. The van der Waals surface area contributed by atoms with Crippen molar-refractivity contribution in [2.24, 2.45) is 0 Å². The number of carbonyl (C=O) groups is 1. The zero-order chi connectivity index (χ0) is 14.5. The number of amides is 1. The maximum Gasteiger partial charge on any atom is 0.265 e. The molecule has 0 bridgehead atoms. The molecule has 5 heteroatoms. The molecule has 0 aromatic heterocycles. The summed E-state index contributed by atoms with van der Waals surface area (Å²) in [4.78, 5) is 11.9. The number of halogens is 1. The first-order valence-corrected chi connectivity index (χ1v) is 6.13. The fourth-order valence-corrected chi connectivity index (χ4v) is 1.61. The second-order valence-corrected chi connectivity index (χ2v) is 4.33. The van der Waals surface area contributed by atoms with Gasteiger partial charge in [-0.2, -0.15) is 0 Å². The molecule has 0 saturated heterocycles. The van der Waals surface area contributed by atoms with Crippen molar-refractivity contribution in [2.45, 2.75) is 13.0 Å². The van der Waals surface area contributed by atoms with E-state index in [1.54, 1.807) is 37.3 Å². The van der Waals surface area contributed by atoms with E-state index in [-0.39, 0.29) is 5.91 Å². The van der Waals surface area contributed by atoms with E-state index in [1.165, 1.54) is 18.2 Å². The van der Waals surface area contributed by atoms with E-state index in [4.69, 9.17) is 10.5 Å². The number of carbonyl (C=O) groups excluding carboxylic acids is 1. The highest BCUT2D eigenvalue weighted by Gasteiger charge is 2.14. The van der Waals surface area contributed by atoms with Crippen LogP contribution in [-0.2, 0) is 4.79 Å². The van der Waals surface area contributed by atoms with Gasteiger partial charge < -0.3 is 15.8 Å². The number of ether oxygens (including phenoxy) is 1. The van der Waals surface area contributed by atoms with Crippen molar-refractivity contribution < 1.29 is 13.9 Å². The molecule has 0 spiro atoms. The van der Waals surface area contributed by atoms with Crippen LogP contribution in [0.3, 0.4) is 0 Å². The third-order valence-corrected chi connectivity index (χ3v) is 2.65. The third-order valence-electron chi connectivity index (χ3n) is 2.65. The number of rotatable bonds is 4. The van der Waals surface area contributed by atoms with E-state index in [0.717, 1.165) is 0 Å². The number of nitrogens with one attached hydrogen (secondary N) is 1. The molecule has 2 aromatic carbocycles. The molecular weight excluding hydrogens is 259 g/mol. The standard InChI is InChI=1S/C15H15FN2O2/c1-10(20-14-7-5-12(17)6-8-14)15(19)18-13-4-2-3-11(16)9-13/h2-10H,17H2,1H3,(H,18,19). The molecule has 0 saturated carbocycles. The quantitative estimate of drug-likeness (QED) is 0.843. The average molecular weight is 274 g/mol. The predicted octanol–water partition coefficient (Wildman–Crippen LogP) is 2.81. The maximum absolute atomic E-state index is 13.0. The van der Waals surface area contributed by atoms with Gasteiger partial charge in [-0.1, -0.05) is 6.07 Å². The molecule has 1 amide bonds. The maximum atomic E-state index is 13.0. The van der Waals surface area contributed by atoms with Crippen LogP contribution in [0.15, 0.2) is 48.5 Å². The second kappa shape index (κ2) is 6.06. The first kappa shape index (κ1) is 13.9. The van der Waals surface area contributed by atoms with Crippen LogP contribution in [0.1, 0.15) is 6.92 Å². The van der Waals surface area contributed by atoms with Crippen LogP contribution in [0.2, 0.25) is 0 Å². The minimum atomic E-state index is -0.707. The van der Waals surface area contributed by atoms with Crippen molar-refractivity contribution in [3.63, 3.8) is 0 Å². The van der Waals surface area contributed by atoms with Crippen LogP contribution in [0.4, 0.5) is 15.8 Å². The fourth-order valence-electron chi connectivity index (χ4n) is 1.61. The first-order chi connectivity index (χ1) is 9.54. The number of anilines is 2. The summed E-state index contributed by atoms with van der Waals surface area (Å²) in [6.45, 7) is 1.62. The van der Waals surface area contributed by atoms with E-state index in [9.17, 15) is 9.18 Å². The van der Waals surface area contributed by atoms with Gasteiger partial charge in [0.2, 0.25) is 0 Å². The van der Waals surface area contributed by atoms with Crippen LogP contribution in [-0.4, -0.2) is 12.0 Å². The lowest BCUT2D eigenvalue weighted by molar-refractivity contribution is -0.122. The van der Waals surface area contributed by atoms with Crippen molar-refractivity contribution in [2.75, 3.05) is 11.1 Å². The van der Waals surface area contributed by atoms with E-state index in [0.29, 0.717) is 17.1 Å². The van der Waals surface area contributed by atoms with Crippen LogP contribution in [0, 0.1) is 5.82 Å². The van der Waals surface area contributed by atoms with Gasteiger partial charge in [0.05, 0.1) is 0 Å². The van der Waals surface area contributed by atoms with Crippen molar-refractivity contribution in [1.82, 2.24) is 0 Å². The highest BCUT2D eigenvalue weighted by atomic mass is 19.1. The van der Waals surface area contributed by atoms with Crippen molar-refractivity contribution in [3.05, 3.63) is 54.3 Å². The lowest BCUT2D eigenvalue weighted by Gasteiger charge is -2.14. The summed E-state index contributed by atoms with van der Waals surface area (Å²) in [7, 11) is 0. The van der Waals surface area contributed by atoms with Gasteiger partial charge in [0.25, 0.3) is 5.91 Å². The number of hydrogen-bond donors (Lipinski definition) is 2. The van der Waals surface area contributed by atoms with Crippen LogP contribution in [0.25, 0.3) is 0 Å². The Morgan fingerprint density at radius 1 is 1.25 bits per heavy atom. The zero-order valence-electron chi connectivity index (χ0n) is 11.0. The molecule has 2 rings (SSSR count). The van der Waals surface area contributed by atoms with Crippen molar-refractivity contribution in [1.29, 1.82) is 0 Å². The molecule has 1 unspecified atom stereocenters. The largest absolute Gasteiger partial charge is 0.481 e. The Bertz CT molecular complexity index is 599. The Kier molecular flexibility index (Phi) is 4.20. The molecule has 1 atom stereocenters. The molecule has 0 aliphatic carbocycles. The first-order valence-electron chi connectivity index (χ1n) is 6.13. The SMILES string of the molecule is CC(Oc1ccc(N)cc1)C(=O)Nc1cccc(F)c1. The summed E-state index contributed by atoms with van der Waals surface area (Å²) in [5.41, 5.74) is 6.57. The summed E-state index contributed by atoms with van der Waals surface area (Å²) < 4.78 is 18.5. The number of nitrogen functional groups attached to an aromatic ring is 1. The fraction of sp³-hybridized carbons (Fsp3) is 0.133. The van der Waals surface area contributed by atoms with Gasteiger partial charge in [-0.05, 0) is 49.4 Å². The molecule has 3 N–H and O–H groups in total. The summed E-state index contributed by atoms with van der Waals surface area (Å²) >= 11 is 0. The lowest BCUT2D eigenvalue weighted by atomic mass is 10.2. The van der Waals surface area contributed by atoms with E-state index < -0.39 is 11.9 Å². The number of hydrogen-bond acceptors (Lipinski definition) is 3. The third kappa shape index (κ3) is 3.71. The molecular formula is C15H15FN2O2. The smallest absolute Gasteiger partial charge is 0.265 e. The summed E-state index contributed by atoms with van der Waals surface area (Å²) in [5.74, 6) is -0.219. The number of nitrogens with two attached hydrogens (primary N) is 1. The normalized spacial score (nSPS) is 11.7. The van der Waals surface area contributed by atoms with E-state index in [2.05, 4.69) is 5.32 Å². The molecule has 104 valence electrons. The summed E-state index contributed by atoms with van der Waals surface area (Å²) in [6, 6.07) is 12.4. The Hall–Kier alpha value is -2.56. The monoisotopic (exact) mass is 274 g/mol. The van der Waals surface area contributed by atoms with Gasteiger partial charge >= 0.3 is 0 Å². The Balaban J connectivity index is 1.96. The molecule has 0 heterocycles. The zero-order valence-corrected chi connectivity index (χ0v) is 11.0. The van der Waals surface area contributed by atoms with E-state index in [1.807, 2.05) is 0 Å². The second-order valence-electron chi connectivity index (χ2n) is 4.33. The van der Waals surface area contributed by atoms with Crippen molar-refractivity contribution in [3.8, 4) is 5.75 Å². The van der Waals surface area contributed by atoms with Gasteiger partial charge in [0.15, 0.2) is 6.10 Å². The lowest BCUT2D eigenvalue weighted by Crippen LogP contribution is -2.30. The van der Waals surface area contributed by atoms with E-state index >= 15 is 0 Å². The molecule has 0 radical (unpaired) electrons. The minimum absolute atomic E-state index is 0.354. The molecule has 0 aliphatic rings. The Morgan fingerprint density at radius 2 is 1.95 bits per heavy atom. The minimum Gasteiger partial charge on any atom is -0.481 e. The molecule has 20 heavy (non-hydrogen) atoms. The van der Waals surface area contributed by atoms with Gasteiger partial charge in [0, 0.05) is 11.4 Å². The van der Waals surface area contributed by atoms with Gasteiger partial charge in [-0.25, -0.2) is 4.39 Å². The molecule has 4 nitrogen and oxygen atoms in total. The highest BCUT2D eigenvalue weighted by molar-refractivity contribution is 5.94. The van der Waals surface area contributed by atoms with Crippen LogP contribution < -0.4 is 15.8 Å². The summed E-state index contributed by atoms with van der Waals surface area (Å²) in [5, 5.41) is 2.59. The number of benzene rings is 2. The summed E-state index contributed by atoms with van der Waals surface area (Å²) in [6.07, 6.45) is -0.707. The molecule has 2 aromatic rings. The molecule has 0 aliphatic heterocycles. The predicted molar refractivity (Wildman–Crippen MR) is 76.0 cm³/mol. The van der Waals surface area contributed by atoms with Gasteiger partial charge in [0.1, 0.15) is 11.6 Å². The van der Waals surface area contributed by atoms with Crippen molar-refractivity contribution >= 4 is 17.3 Å². The topological polar surface area (TPSA) is 64.3 Å².